The topological polar surface area (TPSA) is 55.1 Å². The zero-order valence-corrected chi connectivity index (χ0v) is 10.4. The van der Waals surface area contributed by atoms with Gasteiger partial charge >= 0.3 is 0 Å². The summed E-state index contributed by atoms with van der Waals surface area (Å²) in [5.74, 6) is -0.0214. The predicted molar refractivity (Wildman–Crippen MR) is 66.3 cm³/mol. The van der Waals surface area contributed by atoms with Crippen molar-refractivity contribution in [2.45, 2.75) is 33.2 Å². The van der Waals surface area contributed by atoms with Gasteiger partial charge in [-0.1, -0.05) is 17.7 Å². The first kappa shape index (κ1) is 12.7. The Labute approximate surface area is 97.0 Å². The fourth-order valence-electron chi connectivity index (χ4n) is 2.18. The molecule has 0 radical (unpaired) electrons. The molecule has 1 atom stereocenters. The molecule has 3 N–H and O–H groups in total. The van der Waals surface area contributed by atoms with E-state index < -0.39 is 0 Å². The van der Waals surface area contributed by atoms with Crippen LogP contribution >= 0.6 is 0 Å². The predicted octanol–water partition coefficient (Wildman–Crippen LogP) is 1.75. The number of amides is 1. The molecule has 0 bridgehead atoms. The van der Waals surface area contributed by atoms with E-state index >= 15 is 0 Å². The summed E-state index contributed by atoms with van der Waals surface area (Å²) in [5, 5.41) is 2.60. The van der Waals surface area contributed by atoms with E-state index in [-0.39, 0.29) is 11.9 Å². The second kappa shape index (κ2) is 5.12. The van der Waals surface area contributed by atoms with Crippen molar-refractivity contribution in [3.8, 4) is 0 Å². The van der Waals surface area contributed by atoms with E-state index in [9.17, 15) is 4.79 Å². The molecule has 3 nitrogen and oxygen atoms in total. The van der Waals surface area contributed by atoms with Gasteiger partial charge in [0.1, 0.15) is 0 Å². The smallest absolute Gasteiger partial charge is 0.221 e. The summed E-state index contributed by atoms with van der Waals surface area (Å²) >= 11 is 0. The summed E-state index contributed by atoms with van der Waals surface area (Å²) in [5.41, 5.74) is 10.7. The number of carbonyl (C=O) groups is 1. The average molecular weight is 220 g/mol. The van der Waals surface area contributed by atoms with Crippen molar-refractivity contribution in [3.05, 3.63) is 34.4 Å². The zero-order valence-electron chi connectivity index (χ0n) is 10.4. The van der Waals surface area contributed by atoms with E-state index in [4.69, 9.17) is 5.73 Å². The average Bonchev–Trinajstić information content (AvgIpc) is 2.15. The fourth-order valence-corrected chi connectivity index (χ4v) is 2.18. The van der Waals surface area contributed by atoms with Gasteiger partial charge in [-0.3, -0.25) is 4.79 Å². The Morgan fingerprint density at radius 3 is 2.25 bits per heavy atom. The molecule has 0 spiro atoms. The SMILES string of the molecule is CNC(=O)CC(N)c1c(C)cc(C)cc1C. The molecule has 88 valence electrons. The molecule has 0 aromatic heterocycles. The molecular formula is C13H20N2O. The van der Waals surface area contributed by atoms with Gasteiger partial charge in [0.25, 0.3) is 0 Å². The van der Waals surface area contributed by atoms with Crippen molar-refractivity contribution in [2.75, 3.05) is 7.05 Å². The van der Waals surface area contributed by atoms with Gasteiger partial charge in [-0.15, -0.1) is 0 Å². The Morgan fingerprint density at radius 2 is 1.81 bits per heavy atom. The van der Waals surface area contributed by atoms with E-state index in [1.54, 1.807) is 7.05 Å². The number of nitrogens with two attached hydrogens (primary N) is 1. The van der Waals surface area contributed by atoms with Gasteiger partial charge < -0.3 is 11.1 Å². The maximum Gasteiger partial charge on any atom is 0.221 e. The van der Waals surface area contributed by atoms with Crippen molar-refractivity contribution >= 4 is 5.91 Å². The van der Waals surface area contributed by atoms with E-state index in [2.05, 4.69) is 24.4 Å². The van der Waals surface area contributed by atoms with Gasteiger partial charge in [0, 0.05) is 19.5 Å². The number of hydrogen-bond acceptors (Lipinski definition) is 2. The Morgan fingerprint density at radius 1 is 1.31 bits per heavy atom. The summed E-state index contributed by atoms with van der Waals surface area (Å²) in [4.78, 5) is 11.3. The highest BCUT2D eigenvalue weighted by atomic mass is 16.1. The summed E-state index contributed by atoms with van der Waals surface area (Å²) < 4.78 is 0. The normalized spacial score (nSPS) is 12.3. The minimum absolute atomic E-state index is 0.0214. The van der Waals surface area contributed by atoms with Gasteiger partial charge in [-0.05, 0) is 37.5 Å². The van der Waals surface area contributed by atoms with Crippen LogP contribution in [0, 0.1) is 20.8 Å². The number of carbonyl (C=O) groups excluding carboxylic acids is 1. The molecule has 0 saturated heterocycles. The molecule has 16 heavy (non-hydrogen) atoms. The first-order valence-corrected chi connectivity index (χ1v) is 5.49. The molecule has 1 aromatic rings. The van der Waals surface area contributed by atoms with Crippen molar-refractivity contribution in [2.24, 2.45) is 5.73 Å². The van der Waals surface area contributed by atoms with Crippen LogP contribution < -0.4 is 11.1 Å². The molecular weight excluding hydrogens is 200 g/mol. The van der Waals surface area contributed by atoms with Crippen LogP contribution in [0.3, 0.4) is 0 Å². The van der Waals surface area contributed by atoms with E-state index in [0.29, 0.717) is 6.42 Å². The monoisotopic (exact) mass is 220 g/mol. The molecule has 0 aliphatic carbocycles. The van der Waals surface area contributed by atoms with Crippen molar-refractivity contribution in [1.82, 2.24) is 5.32 Å². The standard InChI is InChI=1S/C13H20N2O/c1-8-5-9(2)13(10(3)6-8)11(14)7-12(16)15-4/h5-6,11H,7,14H2,1-4H3,(H,15,16). The molecule has 1 rings (SSSR count). The van der Waals surface area contributed by atoms with Crippen molar-refractivity contribution in [1.29, 1.82) is 0 Å². The van der Waals surface area contributed by atoms with Crippen LogP contribution in [0.2, 0.25) is 0 Å². The number of nitrogens with one attached hydrogen (secondary N) is 1. The summed E-state index contributed by atoms with van der Waals surface area (Å²) in [7, 11) is 1.63. The van der Waals surface area contributed by atoms with Crippen LogP contribution in [-0.4, -0.2) is 13.0 Å². The largest absolute Gasteiger partial charge is 0.359 e. The van der Waals surface area contributed by atoms with Crippen molar-refractivity contribution < 1.29 is 4.79 Å². The highest BCUT2D eigenvalue weighted by molar-refractivity contribution is 5.76. The lowest BCUT2D eigenvalue weighted by Crippen LogP contribution is -2.25. The molecule has 1 amide bonds. The second-order valence-electron chi connectivity index (χ2n) is 4.30. The van der Waals surface area contributed by atoms with Gasteiger partial charge in [0.05, 0.1) is 0 Å². The first-order chi connectivity index (χ1) is 7.45. The van der Waals surface area contributed by atoms with Gasteiger partial charge in [-0.2, -0.15) is 0 Å². The Balaban J connectivity index is 2.99. The summed E-state index contributed by atoms with van der Waals surface area (Å²) in [6.07, 6.45) is 0.335. The highest BCUT2D eigenvalue weighted by Crippen LogP contribution is 2.23. The molecule has 0 heterocycles. The van der Waals surface area contributed by atoms with Crippen LogP contribution in [0.15, 0.2) is 12.1 Å². The first-order valence-electron chi connectivity index (χ1n) is 5.49. The molecule has 0 fully saturated rings. The molecule has 0 saturated carbocycles. The van der Waals surface area contributed by atoms with Gasteiger partial charge in [0.15, 0.2) is 0 Å². The van der Waals surface area contributed by atoms with Crippen molar-refractivity contribution in [3.63, 3.8) is 0 Å². The number of rotatable bonds is 3. The fraction of sp³-hybridized carbons (Fsp3) is 0.462. The minimum Gasteiger partial charge on any atom is -0.359 e. The van der Waals surface area contributed by atoms with E-state index in [1.807, 2.05) is 13.8 Å². The molecule has 0 aliphatic heterocycles. The van der Waals surface area contributed by atoms with Crippen LogP contribution in [0.1, 0.15) is 34.7 Å². The van der Waals surface area contributed by atoms with Crippen LogP contribution in [0.25, 0.3) is 0 Å². The van der Waals surface area contributed by atoms with Crippen LogP contribution in [0.4, 0.5) is 0 Å². The Hall–Kier alpha value is -1.35. The third kappa shape index (κ3) is 2.83. The molecule has 1 aromatic carbocycles. The minimum atomic E-state index is -0.222. The number of hydrogen-bond donors (Lipinski definition) is 2. The van der Waals surface area contributed by atoms with Crippen LogP contribution in [0.5, 0.6) is 0 Å². The maximum absolute atomic E-state index is 11.3. The van der Waals surface area contributed by atoms with Crippen LogP contribution in [-0.2, 0) is 4.79 Å². The van der Waals surface area contributed by atoms with Gasteiger partial charge in [0.2, 0.25) is 5.91 Å². The lowest BCUT2D eigenvalue weighted by molar-refractivity contribution is -0.120. The molecule has 1 unspecified atom stereocenters. The maximum atomic E-state index is 11.3. The second-order valence-corrected chi connectivity index (χ2v) is 4.30. The quantitative estimate of drug-likeness (QED) is 0.815. The third-order valence-electron chi connectivity index (χ3n) is 2.79. The van der Waals surface area contributed by atoms with Gasteiger partial charge in [-0.25, -0.2) is 0 Å². The Kier molecular flexibility index (Phi) is 4.07. The number of benzene rings is 1. The third-order valence-corrected chi connectivity index (χ3v) is 2.79. The summed E-state index contributed by atoms with van der Waals surface area (Å²) in [6.45, 7) is 6.14. The summed E-state index contributed by atoms with van der Waals surface area (Å²) in [6, 6.07) is 3.98. The lowest BCUT2D eigenvalue weighted by atomic mass is 9.93. The Bertz CT molecular complexity index is 376. The van der Waals surface area contributed by atoms with E-state index in [1.165, 1.54) is 5.56 Å². The number of aryl methyl sites for hydroxylation is 3. The molecule has 3 heteroatoms. The highest BCUT2D eigenvalue weighted by Gasteiger charge is 2.15. The lowest BCUT2D eigenvalue weighted by Gasteiger charge is -2.17. The molecule has 0 aliphatic rings. The van der Waals surface area contributed by atoms with E-state index in [0.717, 1.165) is 16.7 Å². The zero-order chi connectivity index (χ0) is 12.3.